The van der Waals surface area contributed by atoms with Gasteiger partial charge in [0.15, 0.2) is 0 Å². The molecule has 0 unspecified atom stereocenters. The predicted octanol–water partition coefficient (Wildman–Crippen LogP) is 3.36. The zero-order valence-electron chi connectivity index (χ0n) is 11.5. The number of carbonyl (C=O) groups is 1. The van der Waals surface area contributed by atoms with Crippen molar-refractivity contribution in [3.63, 3.8) is 0 Å². The van der Waals surface area contributed by atoms with Gasteiger partial charge in [0.05, 0.1) is 17.0 Å². The number of benzene rings is 1. The minimum Gasteiger partial charge on any atom is -0.267 e. The van der Waals surface area contributed by atoms with Crippen molar-refractivity contribution < 1.29 is 4.79 Å². The van der Waals surface area contributed by atoms with Crippen molar-refractivity contribution in [2.24, 2.45) is 5.10 Å². The average molecular weight is 242 g/mol. The Morgan fingerprint density at radius 2 is 1.78 bits per heavy atom. The van der Waals surface area contributed by atoms with E-state index < -0.39 is 0 Å². The number of hydrogen-bond acceptors (Lipinski definition) is 2. The van der Waals surface area contributed by atoms with Crippen LogP contribution in [0.2, 0.25) is 0 Å². The number of hydrogen-bond donors (Lipinski definition) is 0. The van der Waals surface area contributed by atoms with Crippen molar-refractivity contribution in [1.29, 1.82) is 0 Å². The van der Waals surface area contributed by atoms with Crippen LogP contribution in [0.25, 0.3) is 0 Å². The number of amides is 1. The van der Waals surface area contributed by atoms with Gasteiger partial charge in [-0.1, -0.05) is 11.6 Å². The molecule has 0 atom stereocenters. The van der Waals surface area contributed by atoms with Gasteiger partial charge in [0.2, 0.25) is 0 Å². The molecule has 0 bridgehead atoms. The quantitative estimate of drug-likeness (QED) is 0.695. The van der Waals surface area contributed by atoms with E-state index in [1.807, 2.05) is 45.9 Å². The molecular formula is C15H18N2O. The molecule has 0 N–H and O–H groups in total. The molecule has 1 heterocycles. The van der Waals surface area contributed by atoms with Crippen LogP contribution in [-0.2, 0) is 4.79 Å². The van der Waals surface area contributed by atoms with Crippen LogP contribution in [-0.4, -0.2) is 11.6 Å². The van der Waals surface area contributed by atoms with Crippen molar-refractivity contribution in [3.05, 3.63) is 40.5 Å². The molecule has 0 aliphatic carbocycles. The Bertz CT molecular complexity index is 578. The SMILES string of the molecule is CC1=NN(c2ccc(C)c(C)c2)C(=O)C1=C(C)C. The molecule has 94 valence electrons. The first kappa shape index (κ1) is 12.6. The maximum atomic E-state index is 12.3. The Morgan fingerprint density at radius 3 is 2.28 bits per heavy atom. The van der Waals surface area contributed by atoms with Gasteiger partial charge in [0, 0.05) is 0 Å². The Labute approximate surface area is 108 Å². The normalized spacial score (nSPS) is 15.2. The molecule has 1 amide bonds. The van der Waals surface area contributed by atoms with Gasteiger partial charge in [-0.2, -0.15) is 10.1 Å². The zero-order chi connectivity index (χ0) is 13.4. The molecule has 18 heavy (non-hydrogen) atoms. The largest absolute Gasteiger partial charge is 0.280 e. The summed E-state index contributed by atoms with van der Waals surface area (Å²) >= 11 is 0. The minimum absolute atomic E-state index is 0.0317. The van der Waals surface area contributed by atoms with Gasteiger partial charge in [0.1, 0.15) is 0 Å². The van der Waals surface area contributed by atoms with Crippen LogP contribution in [0.15, 0.2) is 34.4 Å². The van der Waals surface area contributed by atoms with Gasteiger partial charge in [-0.3, -0.25) is 4.79 Å². The topological polar surface area (TPSA) is 32.7 Å². The molecule has 1 aromatic carbocycles. The zero-order valence-corrected chi connectivity index (χ0v) is 11.5. The Morgan fingerprint density at radius 1 is 1.11 bits per heavy atom. The van der Waals surface area contributed by atoms with Crippen LogP contribution in [0.3, 0.4) is 0 Å². The molecule has 0 fully saturated rings. The first-order chi connectivity index (χ1) is 8.41. The van der Waals surface area contributed by atoms with Crippen LogP contribution in [0.5, 0.6) is 0 Å². The number of anilines is 1. The lowest BCUT2D eigenvalue weighted by molar-refractivity contribution is -0.114. The second-order valence-electron chi connectivity index (χ2n) is 4.95. The fraction of sp³-hybridized carbons (Fsp3) is 0.333. The number of hydrazone groups is 1. The second-order valence-corrected chi connectivity index (χ2v) is 4.95. The summed E-state index contributed by atoms with van der Waals surface area (Å²) in [6.45, 7) is 9.85. The molecule has 0 saturated heterocycles. The summed E-state index contributed by atoms with van der Waals surface area (Å²) < 4.78 is 0. The van der Waals surface area contributed by atoms with E-state index in [-0.39, 0.29) is 5.91 Å². The van der Waals surface area contributed by atoms with Crippen molar-refractivity contribution in [2.45, 2.75) is 34.6 Å². The summed E-state index contributed by atoms with van der Waals surface area (Å²) in [5, 5.41) is 5.85. The lowest BCUT2D eigenvalue weighted by Crippen LogP contribution is -2.22. The Balaban J connectivity index is 2.46. The fourth-order valence-corrected chi connectivity index (χ4v) is 2.11. The molecule has 0 aromatic heterocycles. The van der Waals surface area contributed by atoms with Gasteiger partial charge < -0.3 is 0 Å². The molecule has 0 radical (unpaired) electrons. The second kappa shape index (κ2) is 4.41. The monoisotopic (exact) mass is 242 g/mol. The van der Waals surface area contributed by atoms with Gasteiger partial charge in [0.25, 0.3) is 5.91 Å². The van der Waals surface area contributed by atoms with Crippen molar-refractivity contribution in [1.82, 2.24) is 0 Å². The molecule has 3 heteroatoms. The molecule has 1 aliphatic rings. The molecule has 3 nitrogen and oxygen atoms in total. The molecule has 1 aliphatic heterocycles. The maximum Gasteiger partial charge on any atom is 0.280 e. The van der Waals surface area contributed by atoms with E-state index in [1.54, 1.807) is 0 Å². The predicted molar refractivity (Wildman–Crippen MR) is 74.9 cm³/mol. The van der Waals surface area contributed by atoms with Gasteiger partial charge >= 0.3 is 0 Å². The smallest absolute Gasteiger partial charge is 0.267 e. The van der Waals surface area contributed by atoms with E-state index in [4.69, 9.17) is 0 Å². The summed E-state index contributed by atoms with van der Waals surface area (Å²) in [4.78, 5) is 12.3. The van der Waals surface area contributed by atoms with Gasteiger partial charge in [-0.05, 0) is 57.9 Å². The van der Waals surface area contributed by atoms with Gasteiger partial charge in [-0.15, -0.1) is 0 Å². The minimum atomic E-state index is -0.0317. The molecule has 2 rings (SSSR count). The Hall–Kier alpha value is -1.90. The highest BCUT2D eigenvalue weighted by molar-refractivity contribution is 6.30. The number of aryl methyl sites for hydroxylation is 2. The number of carbonyl (C=O) groups excluding carboxylic acids is 1. The fourth-order valence-electron chi connectivity index (χ4n) is 2.11. The summed E-state index contributed by atoms with van der Waals surface area (Å²) in [6.07, 6.45) is 0. The van der Waals surface area contributed by atoms with E-state index in [1.165, 1.54) is 16.1 Å². The highest BCUT2D eigenvalue weighted by atomic mass is 16.2. The summed E-state index contributed by atoms with van der Waals surface area (Å²) in [7, 11) is 0. The third-order valence-corrected chi connectivity index (χ3v) is 3.25. The van der Waals surface area contributed by atoms with Crippen LogP contribution < -0.4 is 5.01 Å². The number of rotatable bonds is 1. The van der Waals surface area contributed by atoms with Gasteiger partial charge in [-0.25, -0.2) is 0 Å². The van der Waals surface area contributed by atoms with Crippen LogP contribution >= 0.6 is 0 Å². The first-order valence-electron chi connectivity index (χ1n) is 6.06. The molecule has 0 spiro atoms. The van der Waals surface area contributed by atoms with E-state index in [9.17, 15) is 4.79 Å². The Kier molecular flexibility index (Phi) is 3.07. The summed E-state index contributed by atoms with van der Waals surface area (Å²) in [6, 6.07) is 5.95. The third kappa shape index (κ3) is 1.96. The maximum absolute atomic E-state index is 12.3. The molecule has 0 saturated carbocycles. The third-order valence-electron chi connectivity index (χ3n) is 3.25. The molecular weight excluding hydrogens is 224 g/mol. The van der Waals surface area contributed by atoms with Crippen LogP contribution in [0.4, 0.5) is 5.69 Å². The lowest BCUT2D eigenvalue weighted by Gasteiger charge is -2.13. The lowest BCUT2D eigenvalue weighted by atomic mass is 10.1. The van der Waals surface area contributed by atoms with E-state index in [0.29, 0.717) is 0 Å². The van der Waals surface area contributed by atoms with Crippen molar-refractivity contribution in [2.75, 3.05) is 5.01 Å². The molecule has 1 aromatic rings. The van der Waals surface area contributed by atoms with E-state index in [2.05, 4.69) is 12.0 Å². The standard InChI is InChI=1S/C15H18N2O/c1-9(2)14-12(5)16-17(15(14)18)13-7-6-10(3)11(4)8-13/h6-8H,1-5H3. The number of allylic oxidation sites excluding steroid dienone is 1. The van der Waals surface area contributed by atoms with Crippen molar-refractivity contribution in [3.8, 4) is 0 Å². The van der Waals surface area contributed by atoms with E-state index in [0.717, 1.165) is 22.5 Å². The summed E-state index contributed by atoms with van der Waals surface area (Å²) in [5.74, 6) is -0.0317. The summed E-state index contributed by atoms with van der Waals surface area (Å²) in [5.41, 5.74) is 5.74. The van der Waals surface area contributed by atoms with Crippen molar-refractivity contribution >= 4 is 17.3 Å². The highest BCUT2D eigenvalue weighted by Crippen LogP contribution is 2.26. The highest BCUT2D eigenvalue weighted by Gasteiger charge is 2.29. The van der Waals surface area contributed by atoms with E-state index >= 15 is 0 Å². The number of nitrogens with zero attached hydrogens (tertiary/aromatic N) is 2. The van der Waals surface area contributed by atoms with Crippen LogP contribution in [0, 0.1) is 13.8 Å². The van der Waals surface area contributed by atoms with Crippen LogP contribution in [0.1, 0.15) is 31.9 Å². The first-order valence-corrected chi connectivity index (χ1v) is 6.06. The average Bonchev–Trinajstić information content (AvgIpc) is 2.58.